The molecule has 0 aromatic heterocycles. The van der Waals surface area contributed by atoms with Crippen LogP contribution in [0, 0.1) is 0 Å². The standard InChI is InChI=1S/C13H19ClN2O3S.ClH/c1-19-12-5-6-16(11(8-12)9-15)20(17,18)13-4-2-3-10(14)7-13;/h2-4,7,11-12H,5-6,8-9,15H2,1H3;1H. The Morgan fingerprint density at radius 2 is 2.19 bits per heavy atom. The molecule has 1 saturated heterocycles. The molecule has 8 heteroatoms. The Morgan fingerprint density at radius 3 is 2.76 bits per heavy atom. The van der Waals surface area contributed by atoms with E-state index in [1.54, 1.807) is 25.3 Å². The second-order valence-electron chi connectivity index (χ2n) is 4.84. The molecular formula is C13H20Cl2N2O3S. The molecule has 1 aliphatic heterocycles. The van der Waals surface area contributed by atoms with Gasteiger partial charge in [0.2, 0.25) is 10.0 Å². The van der Waals surface area contributed by atoms with E-state index in [4.69, 9.17) is 22.1 Å². The Labute approximate surface area is 136 Å². The Morgan fingerprint density at radius 1 is 1.48 bits per heavy atom. The number of hydrogen-bond acceptors (Lipinski definition) is 4. The first-order chi connectivity index (χ1) is 9.48. The Kier molecular flexibility index (Phi) is 6.90. The average molecular weight is 355 g/mol. The SMILES string of the molecule is COC1CCN(S(=O)(=O)c2cccc(Cl)c2)C(CN)C1.Cl. The van der Waals surface area contributed by atoms with E-state index in [1.165, 1.54) is 10.4 Å². The van der Waals surface area contributed by atoms with E-state index < -0.39 is 10.0 Å². The highest BCUT2D eigenvalue weighted by Crippen LogP contribution is 2.27. The summed E-state index contributed by atoms with van der Waals surface area (Å²) in [5, 5.41) is 0.405. The Hall–Kier alpha value is -0.370. The third-order valence-corrected chi connectivity index (χ3v) is 5.80. The molecule has 1 aromatic rings. The minimum absolute atomic E-state index is 0. The van der Waals surface area contributed by atoms with Crippen LogP contribution in [0.1, 0.15) is 12.8 Å². The first-order valence-electron chi connectivity index (χ1n) is 6.49. The van der Waals surface area contributed by atoms with Crippen molar-refractivity contribution in [2.24, 2.45) is 5.73 Å². The molecule has 2 unspecified atom stereocenters. The van der Waals surface area contributed by atoms with E-state index in [2.05, 4.69) is 0 Å². The molecule has 5 nitrogen and oxygen atoms in total. The molecule has 1 heterocycles. The second-order valence-corrected chi connectivity index (χ2v) is 7.17. The minimum Gasteiger partial charge on any atom is -0.381 e. The fraction of sp³-hybridized carbons (Fsp3) is 0.538. The van der Waals surface area contributed by atoms with Gasteiger partial charge in [-0.05, 0) is 31.0 Å². The summed E-state index contributed by atoms with van der Waals surface area (Å²) in [6.07, 6.45) is 1.36. The van der Waals surface area contributed by atoms with Gasteiger partial charge in [0.15, 0.2) is 0 Å². The number of halogens is 2. The largest absolute Gasteiger partial charge is 0.381 e. The molecule has 21 heavy (non-hydrogen) atoms. The van der Waals surface area contributed by atoms with Crippen LogP contribution in [0.5, 0.6) is 0 Å². The number of benzene rings is 1. The molecule has 2 rings (SSSR count). The molecule has 0 aliphatic carbocycles. The van der Waals surface area contributed by atoms with E-state index in [0.717, 1.165) is 0 Å². The molecule has 120 valence electrons. The van der Waals surface area contributed by atoms with E-state index in [-0.39, 0.29) is 36.0 Å². The smallest absolute Gasteiger partial charge is 0.243 e. The zero-order valence-electron chi connectivity index (χ0n) is 11.7. The summed E-state index contributed by atoms with van der Waals surface area (Å²) in [6.45, 7) is 0.689. The van der Waals surface area contributed by atoms with Crippen LogP contribution in [0.25, 0.3) is 0 Å². The van der Waals surface area contributed by atoms with Gasteiger partial charge in [-0.2, -0.15) is 4.31 Å². The monoisotopic (exact) mass is 354 g/mol. The van der Waals surface area contributed by atoms with Crippen LogP contribution in [0.15, 0.2) is 29.2 Å². The first-order valence-corrected chi connectivity index (χ1v) is 8.31. The Balaban J connectivity index is 0.00000220. The Bertz CT molecular complexity index is 568. The molecule has 2 atom stereocenters. The molecule has 0 amide bonds. The zero-order chi connectivity index (χ0) is 14.8. The van der Waals surface area contributed by atoms with Crippen LogP contribution in [-0.4, -0.2) is 45.1 Å². The number of nitrogens with two attached hydrogens (primary N) is 1. The summed E-state index contributed by atoms with van der Waals surface area (Å²) < 4.78 is 32.1. The molecule has 1 aromatic carbocycles. The van der Waals surface area contributed by atoms with Crippen molar-refractivity contribution in [3.05, 3.63) is 29.3 Å². The number of ether oxygens (including phenoxy) is 1. The van der Waals surface area contributed by atoms with Gasteiger partial charge < -0.3 is 10.5 Å². The summed E-state index contributed by atoms with van der Waals surface area (Å²) in [5.74, 6) is 0. The molecule has 0 saturated carbocycles. The predicted octanol–water partition coefficient (Wildman–Crippen LogP) is 1.89. The number of piperidine rings is 1. The topological polar surface area (TPSA) is 72.6 Å². The van der Waals surface area contributed by atoms with Crippen LogP contribution in [0.2, 0.25) is 5.02 Å². The molecule has 1 fully saturated rings. The first kappa shape index (κ1) is 18.7. The maximum atomic E-state index is 12.7. The summed E-state index contributed by atoms with van der Waals surface area (Å²) in [4.78, 5) is 0.208. The maximum absolute atomic E-state index is 12.7. The van der Waals surface area contributed by atoms with Crippen LogP contribution in [-0.2, 0) is 14.8 Å². The van der Waals surface area contributed by atoms with Crippen molar-refractivity contribution in [3.8, 4) is 0 Å². The quantitative estimate of drug-likeness (QED) is 0.895. The summed E-state index contributed by atoms with van der Waals surface area (Å²) in [6, 6.07) is 6.06. The van der Waals surface area contributed by atoms with Gasteiger partial charge in [-0.25, -0.2) is 8.42 Å². The number of methoxy groups -OCH3 is 1. The molecule has 1 aliphatic rings. The minimum atomic E-state index is -3.56. The second kappa shape index (κ2) is 7.76. The van der Waals surface area contributed by atoms with Crippen LogP contribution < -0.4 is 5.73 Å². The van der Waals surface area contributed by atoms with Gasteiger partial charge in [0, 0.05) is 31.3 Å². The lowest BCUT2D eigenvalue weighted by Gasteiger charge is -2.37. The van der Waals surface area contributed by atoms with E-state index in [9.17, 15) is 8.42 Å². The van der Waals surface area contributed by atoms with E-state index in [0.29, 0.717) is 24.4 Å². The lowest BCUT2D eigenvalue weighted by molar-refractivity contribution is 0.0401. The number of rotatable bonds is 4. The fourth-order valence-corrected chi connectivity index (χ4v) is 4.46. The highest BCUT2D eigenvalue weighted by atomic mass is 35.5. The third-order valence-electron chi connectivity index (χ3n) is 3.62. The van der Waals surface area contributed by atoms with Crippen molar-refractivity contribution in [2.75, 3.05) is 20.2 Å². The summed E-state index contributed by atoms with van der Waals surface area (Å²) in [5.41, 5.74) is 5.73. The zero-order valence-corrected chi connectivity index (χ0v) is 14.1. The number of nitrogens with zero attached hydrogens (tertiary/aromatic N) is 1. The van der Waals surface area contributed by atoms with Gasteiger partial charge >= 0.3 is 0 Å². The molecule has 0 spiro atoms. The number of hydrogen-bond donors (Lipinski definition) is 1. The highest BCUT2D eigenvalue weighted by Gasteiger charge is 2.36. The molecule has 2 N–H and O–H groups in total. The average Bonchev–Trinajstić information content (AvgIpc) is 2.46. The maximum Gasteiger partial charge on any atom is 0.243 e. The van der Waals surface area contributed by atoms with Gasteiger partial charge in [0.25, 0.3) is 0 Å². The van der Waals surface area contributed by atoms with Crippen molar-refractivity contribution >= 4 is 34.0 Å². The molecular weight excluding hydrogens is 335 g/mol. The normalized spacial score (nSPS) is 23.6. The van der Waals surface area contributed by atoms with Crippen molar-refractivity contribution in [1.29, 1.82) is 0 Å². The molecule has 0 radical (unpaired) electrons. The lowest BCUT2D eigenvalue weighted by atomic mass is 10.0. The molecule has 0 bridgehead atoms. The van der Waals surface area contributed by atoms with Crippen LogP contribution in [0.3, 0.4) is 0 Å². The van der Waals surface area contributed by atoms with Gasteiger partial charge in [-0.15, -0.1) is 12.4 Å². The number of sulfonamides is 1. The predicted molar refractivity (Wildman–Crippen MR) is 85.5 cm³/mol. The van der Waals surface area contributed by atoms with Gasteiger partial charge in [-0.3, -0.25) is 0 Å². The lowest BCUT2D eigenvalue weighted by Crippen LogP contribution is -2.51. The van der Waals surface area contributed by atoms with E-state index >= 15 is 0 Å². The van der Waals surface area contributed by atoms with Crippen molar-refractivity contribution in [1.82, 2.24) is 4.31 Å². The van der Waals surface area contributed by atoms with Gasteiger partial charge in [0.1, 0.15) is 0 Å². The van der Waals surface area contributed by atoms with E-state index in [1.807, 2.05) is 0 Å². The van der Waals surface area contributed by atoms with Crippen molar-refractivity contribution in [2.45, 2.75) is 29.9 Å². The van der Waals surface area contributed by atoms with Crippen molar-refractivity contribution in [3.63, 3.8) is 0 Å². The fourth-order valence-electron chi connectivity index (χ4n) is 2.50. The van der Waals surface area contributed by atoms with Crippen LogP contribution >= 0.6 is 24.0 Å². The van der Waals surface area contributed by atoms with Crippen LogP contribution in [0.4, 0.5) is 0 Å². The third kappa shape index (κ3) is 4.09. The van der Waals surface area contributed by atoms with Gasteiger partial charge in [0.05, 0.1) is 11.0 Å². The highest BCUT2D eigenvalue weighted by molar-refractivity contribution is 7.89. The summed E-state index contributed by atoms with van der Waals surface area (Å²) >= 11 is 5.88. The van der Waals surface area contributed by atoms with Gasteiger partial charge in [-0.1, -0.05) is 17.7 Å². The van der Waals surface area contributed by atoms with Crippen molar-refractivity contribution < 1.29 is 13.2 Å². The summed E-state index contributed by atoms with van der Waals surface area (Å²) in [7, 11) is -1.93.